The molecule has 1 heterocycles. The van der Waals surface area contributed by atoms with Crippen LogP contribution in [0.15, 0.2) is 0 Å². The number of carbonyl (C=O) groups is 4. The van der Waals surface area contributed by atoms with Gasteiger partial charge in [0.05, 0.1) is 0 Å². The van der Waals surface area contributed by atoms with Gasteiger partial charge in [-0.3, -0.25) is 24.5 Å². The van der Waals surface area contributed by atoms with E-state index in [4.69, 9.17) is 5.11 Å². The standard InChI is InChI=1S/C12H18N2O5/c1-12(2,3)8(11(18)19)10(17)13-6-4-5-7(15)14-9(6)16/h6,8H,4-5H2,1-3H3,(H,13,17)(H,18,19)(H,14,15,16). The van der Waals surface area contributed by atoms with Crippen LogP contribution in [-0.2, 0) is 19.2 Å². The number of aliphatic carboxylic acids is 1. The second-order valence-corrected chi connectivity index (χ2v) is 5.65. The van der Waals surface area contributed by atoms with Crippen molar-refractivity contribution in [3.05, 3.63) is 0 Å². The lowest BCUT2D eigenvalue weighted by Crippen LogP contribution is -2.55. The molecule has 0 aromatic carbocycles. The predicted molar refractivity (Wildman–Crippen MR) is 64.9 cm³/mol. The molecule has 106 valence electrons. The maximum Gasteiger partial charge on any atom is 0.316 e. The summed E-state index contributed by atoms with van der Waals surface area (Å²) in [5.74, 6) is -4.19. The van der Waals surface area contributed by atoms with Gasteiger partial charge in [-0.25, -0.2) is 0 Å². The Morgan fingerprint density at radius 1 is 1.37 bits per heavy atom. The van der Waals surface area contributed by atoms with E-state index in [-0.39, 0.29) is 18.7 Å². The van der Waals surface area contributed by atoms with Gasteiger partial charge in [-0.15, -0.1) is 0 Å². The normalized spacial score (nSPS) is 21.5. The highest BCUT2D eigenvalue weighted by atomic mass is 16.4. The zero-order valence-corrected chi connectivity index (χ0v) is 11.1. The molecule has 0 bridgehead atoms. The summed E-state index contributed by atoms with van der Waals surface area (Å²) in [5.41, 5.74) is -0.767. The predicted octanol–water partition coefficient (Wildman–Crippen LogP) is -0.345. The molecular formula is C12H18N2O5. The van der Waals surface area contributed by atoms with E-state index in [1.165, 1.54) is 0 Å². The highest BCUT2D eigenvalue weighted by molar-refractivity contribution is 6.04. The van der Waals surface area contributed by atoms with Gasteiger partial charge in [0.1, 0.15) is 12.0 Å². The summed E-state index contributed by atoms with van der Waals surface area (Å²) in [6.07, 6.45) is 0.316. The Balaban J connectivity index is 2.75. The summed E-state index contributed by atoms with van der Waals surface area (Å²) in [6, 6.07) is -0.852. The Morgan fingerprint density at radius 2 is 1.95 bits per heavy atom. The zero-order valence-electron chi connectivity index (χ0n) is 11.1. The molecule has 7 nitrogen and oxygen atoms in total. The van der Waals surface area contributed by atoms with E-state index in [9.17, 15) is 19.2 Å². The quantitative estimate of drug-likeness (QED) is 0.479. The van der Waals surface area contributed by atoms with Crippen molar-refractivity contribution in [3.8, 4) is 0 Å². The molecule has 3 amide bonds. The molecule has 0 saturated carbocycles. The van der Waals surface area contributed by atoms with Crippen molar-refractivity contribution < 1.29 is 24.3 Å². The maximum absolute atomic E-state index is 12.0. The number of hydrogen-bond donors (Lipinski definition) is 3. The lowest BCUT2D eigenvalue weighted by atomic mass is 9.80. The van der Waals surface area contributed by atoms with Crippen molar-refractivity contribution in [1.29, 1.82) is 0 Å². The second kappa shape index (κ2) is 5.38. The largest absolute Gasteiger partial charge is 0.481 e. The first-order chi connectivity index (χ1) is 8.62. The molecule has 19 heavy (non-hydrogen) atoms. The van der Waals surface area contributed by atoms with Crippen LogP contribution in [0.2, 0.25) is 0 Å². The minimum Gasteiger partial charge on any atom is -0.481 e. The number of rotatable bonds is 3. The first-order valence-electron chi connectivity index (χ1n) is 6.00. The van der Waals surface area contributed by atoms with Crippen LogP contribution in [0, 0.1) is 11.3 Å². The molecule has 1 fully saturated rings. The summed E-state index contributed by atoms with van der Waals surface area (Å²) in [7, 11) is 0. The Kier molecular flexibility index (Phi) is 4.28. The van der Waals surface area contributed by atoms with Crippen molar-refractivity contribution >= 4 is 23.7 Å². The molecule has 0 radical (unpaired) electrons. The molecule has 0 aliphatic carbocycles. The Morgan fingerprint density at radius 3 is 2.37 bits per heavy atom. The molecule has 2 atom stereocenters. The summed E-state index contributed by atoms with van der Waals surface area (Å²) in [4.78, 5) is 45.6. The molecule has 1 aliphatic heterocycles. The molecule has 0 spiro atoms. The fraction of sp³-hybridized carbons (Fsp3) is 0.667. The molecule has 1 rings (SSSR count). The van der Waals surface area contributed by atoms with E-state index < -0.39 is 35.2 Å². The molecule has 0 aromatic rings. The first kappa shape index (κ1) is 15.1. The summed E-state index contributed by atoms with van der Waals surface area (Å²) in [6.45, 7) is 4.90. The van der Waals surface area contributed by atoms with Crippen LogP contribution in [0.4, 0.5) is 0 Å². The van der Waals surface area contributed by atoms with E-state index in [1.807, 2.05) is 0 Å². The van der Waals surface area contributed by atoms with Gasteiger partial charge in [-0.1, -0.05) is 20.8 Å². The summed E-state index contributed by atoms with van der Waals surface area (Å²) < 4.78 is 0. The van der Waals surface area contributed by atoms with Gasteiger partial charge in [-0.2, -0.15) is 0 Å². The van der Waals surface area contributed by atoms with Crippen molar-refractivity contribution in [2.24, 2.45) is 11.3 Å². The first-order valence-corrected chi connectivity index (χ1v) is 6.00. The van der Waals surface area contributed by atoms with Crippen LogP contribution in [0.3, 0.4) is 0 Å². The van der Waals surface area contributed by atoms with Crippen LogP contribution >= 0.6 is 0 Å². The molecule has 1 aliphatic rings. The van der Waals surface area contributed by atoms with Crippen LogP contribution in [0.5, 0.6) is 0 Å². The number of hydrogen-bond acceptors (Lipinski definition) is 4. The minimum absolute atomic E-state index is 0.129. The van der Waals surface area contributed by atoms with Crippen LogP contribution in [0.1, 0.15) is 33.6 Å². The second-order valence-electron chi connectivity index (χ2n) is 5.65. The topological polar surface area (TPSA) is 113 Å². The van der Waals surface area contributed by atoms with Crippen molar-refractivity contribution in [2.45, 2.75) is 39.7 Å². The number of carboxylic acids is 1. The number of carbonyl (C=O) groups excluding carboxylic acids is 3. The number of carboxylic acid groups (broad SMARTS) is 1. The summed E-state index contributed by atoms with van der Waals surface area (Å²) in [5, 5.41) is 13.6. The average Bonchev–Trinajstić information content (AvgIpc) is 2.19. The number of imide groups is 1. The molecular weight excluding hydrogens is 252 g/mol. The van der Waals surface area contributed by atoms with Crippen molar-refractivity contribution in [2.75, 3.05) is 0 Å². The van der Waals surface area contributed by atoms with Crippen LogP contribution < -0.4 is 10.6 Å². The van der Waals surface area contributed by atoms with Crippen molar-refractivity contribution in [1.82, 2.24) is 10.6 Å². The van der Waals surface area contributed by atoms with Crippen molar-refractivity contribution in [3.63, 3.8) is 0 Å². The van der Waals surface area contributed by atoms with E-state index in [1.54, 1.807) is 20.8 Å². The smallest absolute Gasteiger partial charge is 0.316 e. The van der Waals surface area contributed by atoms with Gasteiger partial charge in [0.25, 0.3) is 0 Å². The van der Waals surface area contributed by atoms with Gasteiger partial charge < -0.3 is 10.4 Å². The molecule has 0 aromatic heterocycles. The van der Waals surface area contributed by atoms with Gasteiger partial charge in [0.2, 0.25) is 17.7 Å². The van der Waals surface area contributed by atoms with Crippen LogP contribution in [-0.4, -0.2) is 34.8 Å². The van der Waals surface area contributed by atoms with E-state index >= 15 is 0 Å². The molecule has 7 heteroatoms. The number of nitrogens with one attached hydrogen (secondary N) is 2. The maximum atomic E-state index is 12.0. The van der Waals surface area contributed by atoms with Gasteiger partial charge in [0, 0.05) is 6.42 Å². The summed E-state index contributed by atoms with van der Waals surface area (Å²) >= 11 is 0. The Hall–Kier alpha value is -1.92. The fourth-order valence-corrected chi connectivity index (χ4v) is 1.96. The third-order valence-corrected chi connectivity index (χ3v) is 2.93. The average molecular weight is 270 g/mol. The lowest BCUT2D eigenvalue weighted by molar-refractivity contribution is -0.153. The number of amides is 3. The van der Waals surface area contributed by atoms with E-state index in [2.05, 4.69) is 10.6 Å². The SMILES string of the molecule is CC(C)(C)C(C(=O)O)C(=O)NC1CCC(=O)NC1=O. The van der Waals surface area contributed by atoms with E-state index in [0.29, 0.717) is 0 Å². The van der Waals surface area contributed by atoms with E-state index in [0.717, 1.165) is 0 Å². The highest BCUT2D eigenvalue weighted by Gasteiger charge is 2.39. The highest BCUT2D eigenvalue weighted by Crippen LogP contribution is 2.26. The monoisotopic (exact) mass is 270 g/mol. The Bertz CT molecular complexity index is 424. The molecule has 1 saturated heterocycles. The third kappa shape index (κ3) is 3.77. The van der Waals surface area contributed by atoms with Gasteiger partial charge in [-0.05, 0) is 11.8 Å². The van der Waals surface area contributed by atoms with Gasteiger partial charge in [0.15, 0.2) is 0 Å². The molecule has 3 N–H and O–H groups in total. The molecule has 2 unspecified atom stereocenters. The minimum atomic E-state index is -1.25. The lowest BCUT2D eigenvalue weighted by Gasteiger charge is -2.29. The third-order valence-electron chi connectivity index (χ3n) is 2.93. The van der Waals surface area contributed by atoms with Gasteiger partial charge >= 0.3 is 5.97 Å². The Labute approximate surface area is 110 Å². The fourth-order valence-electron chi connectivity index (χ4n) is 1.96. The zero-order chi connectivity index (χ0) is 14.8. The number of piperidine rings is 1. The van der Waals surface area contributed by atoms with Crippen LogP contribution in [0.25, 0.3) is 0 Å².